The van der Waals surface area contributed by atoms with Crippen molar-refractivity contribution < 1.29 is 0 Å². The van der Waals surface area contributed by atoms with Crippen molar-refractivity contribution in [3.05, 3.63) is 223 Å². The molecule has 4 nitrogen and oxygen atoms in total. The Labute approximate surface area is 360 Å². The number of hydrogen-bond donors (Lipinski definition) is 0. The molecule has 4 heterocycles. The lowest BCUT2D eigenvalue weighted by Crippen LogP contribution is -2.13. The summed E-state index contributed by atoms with van der Waals surface area (Å²) in [4.78, 5) is 14.2. The van der Waals surface area contributed by atoms with E-state index in [9.17, 15) is 4.79 Å². The lowest BCUT2D eigenvalue weighted by atomic mass is 9.92. The third-order valence-electron chi connectivity index (χ3n) is 13.6. The van der Waals surface area contributed by atoms with Crippen molar-refractivity contribution in [3.63, 3.8) is 0 Å². The van der Waals surface area contributed by atoms with Gasteiger partial charge in [-0.25, -0.2) is 0 Å². The molecule has 0 aliphatic carbocycles. The predicted octanol–water partition coefficient (Wildman–Crippen LogP) is 14.9. The lowest BCUT2D eigenvalue weighted by Gasteiger charge is -2.16. The Balaban J connectivity index is 1.01. The zero-order valence-corrected chi connectivity index (χ0v) is 34.0. The van der Waals surface area contributed by atoms with Gasteiger partial charge in [0.1, 0.15) is 0 Å². The molecule has 4 heteroatoms. The van der Waals surface area contributed by atoms with Crippen LogP contribution in [0.2, 0.25) is 0 Å². The largest absolute Gasteiger partial charge is 0.309 e. The van der Waals surface area contributed by atoms with Crippen LogP contribution in [0.1, 0.15) is 0 Å². The van der Waals surface area contributed by atoms with E-state index in [1.54, 1.807) is 0 Å². The summed E-state index contributed by atoms with van der Waals surface area (Å²) in [6.45, 7) is 0. The lowest BCUT2D eigenvalue weighted by molar-refractivity contribution is 1.18. The van der Waals surface area contributed by atoms with Crippen molar-refractivity contribution in [2.45, 2.75) is 0 Å². The van der Waals surface area contributed by atoms with Crippen LogP contribution in [-0.2, 0) is 0 Å². The molecule has 0 N–H and O–H groups in total. The second-order valence-electron chi connectivity index (χ2n) is 16.8. The van der Waals surface area contributed by atoms with Crippen molar-refractivity contribution in [3.8, 4) is 33.6 Å². The number of para-hydroxylation sites is 5. The van der Waals surface area contributed by atoms with E-state index < -0.39 is 0 Å². The first-order valence-electron chi connectivity index (χ1n) is 21.6. The van der Waals surface area contributed by atoms with Crippen LogP contribution in [0.15, 0.2) is 217 Å². The maximum atomic E-state index is 14.2. The highest BCUT2D eigenvalue weighted by atomic mass is 16.1. The number of pyridine rings is 1. The van der Waals surface area contributed by atoms with Gasteiger partial charge in [0, 0.05) is 60.0 Å². The van der Waals surface area contributed by atoms with Gasteiger partial charge in [0.15, 0.2) is 0 Å². The Morgan fingerprint density at radius 3 is 1.68 bits per heavy atom. The van der Waals surface area contributed by atoms with Crippen LogP contribution in [0, 0.1) is 0 Å². The van der Waals surface area contributed by atoms with E-state index in [4.69, 9.17) is 0 Å². The normalized spacial score (nSPS) is 12.2. The first-order valence-corrected chi connectivity index (χ1v) is 21.6. The van der Waals surface area contributed by atoms with Crippen LogP contribution in [-0.4, -0.2) is 13.5 Å². The maximum absolute atomic E-state index is 14.2. The van der Waals surface area contributed by atoms with E-state index in [2.05, 4.69) is 197 Å². The van der Waals surface area contributed by atoms with Gasteiger partial charge in [0.25, 0.3) is 5.56 Å². The molecule has 0 aliphatic heterocycles. The van der Waals surface area contributed by atoms with Crippen LogP contribution in [0.25, 0.3) is 126 Å². The van der Waals surface area contributed by atoms with Crippen LogP contribution >= 0.6 is 0 Å². The van der Waals surface area contributed by atoms with E-state index in [1.807, 2.05) is 28.7 Å². The van der Waals surface area contributed by atoms with Gasteiger partial charge in [0.05, 0.1) is 33.1 Å². The highest BCUT2D eigenvalue weighted by Crippen LogP contribution is 2.44. The van der Waals surface area contributed by atoms with Gasteiger partial charge in [0.2, 0.25) is 0 Å². The summed E-state index contributed by atoms with van der Waals surface area (Å²) in [7, 11) is 0. The zero-order chi connectivity index (χ0) is 41.3. The topological polar surface area (TPSA) is 31.3 Å². The number of rotatable bonds is 4. The molecular formula is C59H35N3O. The molecule has 0 spiro atoms. The van der Waals surface area contributed by atoms with Gasteiger partial charge in [-0.15, -0.1) is 0 Å². The van der Waals surface area contributed by atoms with Crippen LogP contribution in [0.4, 0.5) is 0 Å². The molecule has 63 heavy (non-hydrogen) atoms. The average Bonchev–Trinajstić information content (AvgIpc) is 3.99. The quantitative estimate of drug-likeness (QED) is 0.163. The van der Waals surface area contributed by atoms with Crippen molar-refractivity contribution >= 4 is 92.3 Å². The molecule has 10 aromatic carbocycles. The van der Waals surface area contributed by atoms with Gasteiger partial charge < -0.3 is 9.13 Å². The second kappa shape index (κ2) is 12.8. The Morgan fingerprint density at radius 2 is 0.873 bits per heavy atom. The van der Waals surface area contributed by atoms with Gasteiger partial charge in [-0.05, 0) is 87.4 Å². The minimum absolute atomic E-state index is 0.0214. The SMILES string of the molecule is O=c1c2ccccc2c2c(-c3cccc4cc(-n5c6ccccc6c6cccc(-c7ccc8c9ccccc9n(-c9ccccc9)c8c7)c65)ccc34)ccc3c4ccccc4n1c32. The maximum Gasteiger partial charge on any atom is 0.263 e. The molecule has 0 aliphatic rings. The van der Waals surface area contributed by atoms with Crippen LogP contribution < -0.4 is 5.56 Å². The van der Waals surface area contributed by atoms with Crippen molar-refractivity contribution in [2.24, 2.45) is 0 Å². The summed E-state index contributed by atoms with van der Waals surface area (Å²) in [5.74, 6) is 0. The standard InChI is InChI=1S/C59H35N3O/c63-59-51-21-5-4-20-47(51)56-48(32-33-50-45-19-8-11-27-54(45)62(59)58(50)56)42-23-12-14-36-34-39(29-31-40(36)42)61-53-26-10-7-18-44(53)49-24-13-22-41(57(49)61)37-28-30-46-43-17-6-9-25-52(43)60(55(46)35-37)38-15-2-1-3-16-38/h1-35H. The van der Waals surface area contributed by atoms with Gasteiger partial charge >= 0.3 is 0 Å². The van der Waals surface area contributed by atoms with E-state index in [0.29, 0.717) is 0 Å². The molecule has 0 radical (unpaired) electrons. The average molecular weight is 802 g/mol. The summed E-state index contributed by atoms with van der Waals surface area (Å²) >= 11 is 0. The molecule has 4 aromatic heterocycles. The van der Waals surface area contributed by atoms with E-state index in [0.717, 1.165) is 71.2 Å². The summed E-state index contributed by atoms with van der Waals surface area (Å²) in [6, 6.07) is 76.3. The molecular weight excluding hydrogens is 767 g/mol. The van der Waals surface area contributed by atoms with E-state index in [1.165, 1.54) is 54.7 Å². The number of hydrogen-bond acceptors (Lipinski definition) is 1. The number of fused-ring (bicyclic) bond motifs is 12. The molecule has 0 unspecified atom stereocenters. The van der Waals surface area contributed by atoms with Gasteiger partial charge in [-0.3, -0.25) is 9.20 Å². The molecule has 0 amide bonds. The van der Waals surface area contributed by atoms with Crippen LogP contribution in [0.3, 0.4) is 0 Å². The summed E-state index contributed by atoms with van der Waals surface area (Å²) < 4.78 is 6.79. The molecule has 14 rings (SSSR count). The van der Waals surface area contributed by atoms with Crippen molar-refractivity contribution in [2.75, 3.05) is 0 Å². The summed E-state index contributed by atoms with van der Waals surface area (Å²) in [5.41, 5.74) is 13.5. The molecule has 0 atom stereocenters. The monoisotopic (exact) mass is 801 g/mol. The summed E-state index contributed by atoms with van der Waals surface area (Å²) in [6.07, 6.45) is 0. The third kappa shape index (κ3) is 4.67. The minimum atomic E-state index is 0.0214. The molecule has 0 saturated heterocycles. The molecule has 14 aromatic rings. The van der Waals surface area contributed by atoms with Crippen molar-refractivity contribution in [1.29, 1.82) is 0 Å². The summed E-state index contributed by atoms with van der Waals surface area (Å²) in [5, 5.41) is 12.2. The molecule has 0 fully saturated rings. The number of aromatic nitrogens is 3. The Bertz CT molecular complexity index is 4280. The van der Waals surface area contributed by atoms with E-state index >= 15 is 0 Å². The predicted molar refractivity (Wildman–Crippen MR) is 264 cm³/mol. The number of nitrogens with zero attached hydrogens (tertiary/aromatic N) is 3. The van der Waals surface area contributed by atoms with E-state index in [-0.39, 0.29) is 5.56 Å². The Kier molecular flexibility index (Phi) is 6.95. The highest BCUT2D eigenvalue weighted by molar-refractivity contribution is 6.25. The Hall–Kier alpha value is -8.47. The van der Waals surface area contributed by atoms with Gasteiger partial charge in [-0.2, -0.15) is 0 Å². The fraction of sp³-hybridized carbons (Fsp3) is 0. The first-order chi connectivity index (χ1) is 31.2. The Morgan fingerprint density at radius 1 is 0.302 bits per heavy atom. The zero-order valence-electron chi connectivity index (χ0n) is 34.0. The molecule has 0 saturated carbocycles. The minimum Gasteiger partial charge on any atom is -0.309 e. The second-order valence-corrected chi connectivity index (χ2v) is 16.8. The van der Waals surface area contributed by atoms with Crippen LogP contribution in [0.5, 0.6) is 0 Å². The highest BCUT2D eigenvalue weighted by Gasteiger charge is 2.22. The third-order valence-corrected chi connectivity index (χ3v) is 13.6. The smallest absolute Gasteiger partial charge is 0.263 e. The molecule has 0 bridgehead atoms. The first kappa shape index (κ1) is 34.3. The van der Waals surface area contributed by atoms with Gasteiger partial charge in [-0.1, -0.05) is 158 Å². The fourth-order valence-electron chi connectivity index (χ4n) is 10.9. The molecule has 292 valence electrons. The fourth-order valence-corrected chi connectivity index (χ4v) is 10.9. The number of benzene rings is 10. The van der Waals surface area contributed by atoms with Crippen molar-refractivity contribution in [1.82, 2.24) is 13.5 Å².